The van der Waals surface area contributed by atoms with Crippen LogP contribution in [0.15, 0.2) is 48.5 Å². The summed E-state index contributed by atoms with van der Waals surface area (Å²) in [6.07, 6.45) is 1.22. The van der Waals surface area contributed by atoms with E-state index in [1.165, 1.54) is 7.11 Å². The summed E-state index contributed by atoms with van der Waals surface area (Å²) in [5.74, 6) is -0.139. The average molecular weight is 468 g/mol. The van der Waals surface area contributed by atoms with Gasteiger partial charge in [-0.25, -0.2) is 0 Å². The van der Waals surface area contributed by atoms with Crippen LogP contribution in [0.1, 0.15) is 39.1 Å². The van der Waals surface area contributed by atoms with Crippen LogP contribution in [0.4, 0.5) is 0 Å². The number of rotatable bonds is 9. The van der Waals surface area contributed by atoms with Gasteiger partial charge in [0.25, 0.3) is 11.8 Å². The Labute approximate surface area is 200 Å². The summed E-state index contributed by atoms with van der Waals surface area (Å²) >= 11 is 0. The second kappa shape index (κ2) is 12.2. The van der Waals surface area contributed by atoms with Gasteiger partial charge in [0.2, 0.25) is 5.91 Å². The first-order chi connectivity index (χ1) is 16.4. The number of piperidine rings is 1. The molecule has 0 spiro atoms. The first kappa shape index (κ1) is 25.2. The Bertz CT molecular complexity index is 1000. The first-order valence-corrected chi connectivity index (χ1v) is 11.5. The second-order valence-corrected chi connectivity index (χ2v) is 8.47. The zero-order valence-electron chi connectivity index (χ0n) is 20.0. The third-order valence-electron chi connectivity index (χ3n) is 6.07. The maximum Gasteiger partial charge on any atom is 0.253 e. The van der Waals surface area contributed by atoms with Crippen LogP contribution in [-0.2, 0) is 9.53 Å². The zero-order valence-corrected chi connectivity index (χ0v) is 20.0. The Morgan fingerprint density at radius 3 is 2.41 bits per heavy atom. The molecular weight excluding hydrogens is 434 g/mol. The molecule has 0 unspecified atom stereocenters. The Morgan fingerprint density at radius 1 is 1.03 bits per heavy atom. The van der Waals surface area contributed by atoms with E-state index in [4.69, 9.17) is 9.47 Å². The number of carbonyl (C=O) groups is 3. The summed E-state index contributed by atoms with van der Waals surface area (Å²) in [6, 6.07) is 13.6. The van der Waals surface area contributed by atoms with Crippen LogP contribution >= 0.6 is 0 Å². The molecule has 2 N–H and O–H groups in total. The van der Waals surface area contributed by atoms with Crippen LogP contribution in [-0.4, -0.2) is 69.1 Å². The van der Waals surface area contributed by atoms with Gasteiger partial charge in [0.15, 0.2) is 0 Å². The second-order valence-electron chi connectivity index (χ2n) is 8.47. The monoisotopic (exact) mass is 467 g/mol. The van der Waals surface area contributed by atoms with E-state index < -0.39 is 6.04 Å². The van der Waals surface area contributed by atoms with Crippen molar-refractivity contribution in [2.75, 3.05) is 40.5 Å². The van der Waals surface area contributed by atoms with Gasteiger partial charge in [0.1, 0.15) is 11.8 Å². The van der Waals surface area contributed by atoms with Gasteiger partial charge in [-0.3, -0.25) is 14.4 Å². The van der Waals surface area contributed by atoms with E-state index in [1.807, 2.05) is 36.1 Å². The molecule has 0 aromatic heterocycles. The summed E-state index contributed by atoms with van der Waals surface area (Å²) in [7, 11) is 3.10. The number of amides is 3. The minimum absolute atomic E-state index is 0.0105. The Balaban J connectivity index is 1.69. The highest BCUT2D eigenvalue weighted by atomic mass is 16.5. The molecule has 1 heterocycles. The van der Waals surface area contributed by atoms with Gasteiger partial charge in [-0.15, -0.1) is 0 Å². The van der Waals surface area contributed by atoms with E-state index in [0.717, 1.165) is 5.56 Å². The molecule has 1 aliphatic heterocycles. The summed E-state index contributed by atoms with van der Waals surface area (Å²) in [5.41, 5.74) is 2.12. The average Bonchev–Trinajstić information content (AvgIpc) is 2.87. The lowest BCUT2D eigenvalue weighted by molar-refractivity contribution is -0.124. The summed E-state index contributed by atoms with van der Waals surface area (Å²) in [6.45, 7) is 3.74. The van der Waals surface area contributed by atoms with Crippen molar-refractivity contribution >= 4 is 17.7 Å². The molecule has 1 fully saturated rings. The smallest absolute Gasteiger partial charge is 0.253 e. The normalized spacial score (nSPS) is 14.9. The SMILES string of the molecule is COCCNC(=O)[C@@H](NC(=O)c1cccc(OC)c1)C1CCN(C(=O)c2cccc(C)c2)CC1. The number of likely N-dealkylation sites (tertiary alicyclic amines) is 1. The summed E-state index contributed by atoms with van der Waals surface area (Å²) in [5, 5.41) is 5.76. The minimum Gasteiger partial charge on any atom is -0.497 e. The molecule has 2 aromatic rings. The molecule has 1 saturated heterocycles. The molecule has 8 nitrogen and oxygen atoms in total. The Hall–Kier alpha value is -3.39. The third kappa shape index (κ3) is 6.57. The lowest BCUT2D eigenvalue weighted by Crippen LogP contribution is -2.54. The van der Waals surface area contributed by atoms with Crippen molar-refractivity contribution < 1.29 is 23.9 Å². The predicted molar refractivity (Wildman–Crippen MR) is 129 cm³/mol. The number of ether oxygens (including phenoxy) is 2. The lowest BCUT2D eigenvalue weighted by atomic mass is 9.88. The van der Waals surface area contributed by atoms with Crippen molar-refractivity contribution in [1.29, 1.82) is 0 Å². The van der Waals surface area contributed by atoms with Crippen LogP contribution < -0.4 is 15.4 Å². The van der Waals surface area contributed by atoms with Crippen molar-refractivity contribution in [3.8, 4) is 5.75 Å². The quantitative estimate of drug-likeness (QED) is 0.552. The Kier molecular flexibility index (Phi) is 9.04. The number of hydrogen-bond donors (Lipinski definition) is 2. The fourth-order valence-electron chi connectivity index (χ4n) is 4.17. The zero-order chi connectivity index (χ0) is 24.5. The molecule has 8 heteroatoms. The summed E-state index contributed by atoms with van der Waals surface area (Å²) in [4.78, 5) is 40.7. The highest BCUT2D eigenvalue weighted by Gasteiger charge is 2.34. The van der Waals surface area contributed by atoms with E-state index in [0.29, 0.717) is 56.0 Å². The van der Waals surface area contributed by atoms with E-state index >= 15 is 0 Å². The van der Waals surface area contributed by atoms with Crippen molar-refractivity contribution in [2.24, 2.45) is 5.92 Å². The van der Waals surface area contributed by atoms with Gasteiger partial charge in [-0.05, 0) is 56.0 Å². The van der Waals surface area contributed by atoms with Gasteiger partial charge in [-0.2, -0.15) is 0 Å². The van der Waals surface area contributed by atoms with Crippen LogP contribution in [0.25, 0.3) is 0 Å². The van der Waals surface area contributed by atoms with Gasteiger partial charge >= 0.3 is 0 Å². The number of aryl methyl sites for hydroxylation is 1. The van der Waals surface area contributed by atoms with E-state index in [-0.39, 0.29) is 23.6 Å². The number of nitrogens with zero attached hydrogens (tertiary/aromatic N) is 1. The molecule has 0 saturated carbocycles. The molecule has 3 amide bonds. The standard InChI is InChI=1S/C26H33N3O5/c1-18-6-4-8-21(16-18)26(32)29-13-10-19(11-14-29)23(25(31)27-12-15-33-2)28-24(30)20-7-5-9-22(17-20)34-3/h4-9,16-17,19,23H,10-15H2,1-3H3,(H,27,31)(H,28,30)/t23-/m0/s1. The van der Waals surface area contributed by atoms with Crippen molar-refractivity contribution in [2.45, 2.75) is 25.8 Å². The summed E-state index contributed by atoms with van der Waals surface area (Å²) < 4.78 is 10.2. The maximum atomic E-state index is 13.0. The molecule has 0 bridgehead atoms. The van der Waals surface area contributed by atoms with Crippen LogP contribution in [0, 0.1) is 12.8 Å². The molecule has 0 radical (unpaired) electrons. The van der Waals surface area contributed by atoms with Crippen LogP contribution in [0.2, 0.25) is 0 Å². The highest BCUT2D eigenvalue weighted by molar-refractivity contribution is 5.98. The maximum absolute atomic E-state index is 13.0. The minimum atomic E-state index is -0.716. The fraction of sp³-hybridized carbons (Fsp3) is 0.423. The molecule has 3 rings (SSSR count). The van der Waals surface area contributed by atoms with E-state index in [1.54, 1.807) is 31.4 Å². The van der Waals surface area contributed by atoms with Crippen molar-refractivity contribution in [3.05, 3.63) is 65.2 Å². The topological polar surface area (TPSA) is 97.0 Å². The fourth-order valence-corrected chi connectivity index (χ4v) is 4.17. The van der Waals surface area contributed by atoms with Crippen LogP contribution in [0.3, 0.4) is 0 Å². The number of nitrogens with one attached hydrogen (secondary N) is 2. The molecule has 1 atom stereocenters. The third-order valence-corrected chi connectivity index (χ3v) is 6.07. The molecule has 34 heavy (non-hydrogen) atoms. The molecule has 0 aliphatic carbocycles. The van der Waals surface area contributed by atoms with Gasteiger partial charge in [0.05, 0.1) is 13.7 Å². The van der Waals surface area contributed by atoms with E-state index in [2.05, 4.69) is 10.6 Å². The molecule has 2 aromatic carbocycles. The molecule has 182 valence electrons. The van der Waals surface area contributed by atoms with Gasteiger partial charge in [-0.1, -0.05) is 23.8 Å². The first-order valence-electron chi connectivity index (χ1n) is 11.5. The largest absolute Gasteiger partial charge is 0.497 e. The van der Waals surface area contributed by atoms with E-state index in [9.17, 15) is 14.4 Å². The number of methoxy groups -OCH3 is 2. The van der Waals surface area contributed by atoms with Gasteiger partial charge < -0.3 is 25.0 Å². The Morgan fingerprint density at radius 2 is 1.74 bits per heavy atom. The predicted octanol–water partition coefficient (Wildman–Crippen LogP) is 2.42. The van der Waals surface area contributed by atoms with Gasteiger partial charge in [0, 0.05) is 37.9 Å². The highest BCUT2D eigenvalue weighted by Crippen LogP contribution is 2.23. The van der Waals surface area contributed by atoms with Crippen molar-refractivity contribution in [1.82, 2.24) is 15.5 Å². The lowest BCUT2D eigenvalue weighted by Gasteiger charge is -2.36. The van der Waals surface area contributed by atoms with Crippen LogP contribution in [0.5, 0.6) is 5.75 Å². The molecular formula is C26H33N3O5. The number of carbonyl (C=O) groups excluding carboxylic acids is 3. The molecule has 1 aliphatic rings. The number of benzene rings is 2. The van der Waals surface area contributed by atoms with Crippen molar-refractivity contribution in [3.63, 3.8) is 0 Å². The number of hydrogen-bond acceptors (Lipinski definition) is 5.